The molecule has 0 saturated carbocycles. The van der Waals surface area contributed by atoms with E-state index in [0.29, 0.717) is 11.1 Å². The van der Waals surface area contributed by atoms with Crippen LogP contribution in [0.25, 0.3) is 0 Å². The van der Waals surface area contributed by atoms with Crippen molar-refractivity contribution >= 4 is 11.9 Å². The summed E-state index contributed by atoms with van der Waals surface area (Å²) in [7, 11) is 0. The fourth-order valence-electron chi connectivity index (χ4n) is 2.89. The third kappa shape index (κ3) is 2.93. The second-order valence-corrected chi connectivity index (χ2v) is 5.92. The molecule has 0 spiro atoms. The minimum Gasteiger partial charge on any atom is -0.478 e. The average Bonchev–Trinajstić information content (AvgIpc) is 2.59. The Kier molecular flexibility index (Phi) is 4.58. The predicted molar refractivity (Wildman–Crippen MR) is 88.4 cm³/mol. The van der Waals surface area contributed by atoms with E-state index in [-0.39, 0.29) is 22.3 Å². The first-order chi connectivity index (χ1) is 11.8. The van der Waals surface area contributed by atoms with E-state index in [2.05, 4.69) is 0 Å². The van der Waals surface area contributed by atoms with Gasteiger partial charge in [0.25, 0.3) is 0 Å². The van der Waals surface area contributed by atoms with Crippen molar-refractivity contribution < 1.29 is 19.8 Å². The minimum atomic E-state index is -1.23. The Hall–Kier alpha value is -3.64. The van der Waals surface area contributed by atoms with Crippen LogP contribution in [0.3, 0.4) is 0 Å². The highest BCUT2D eigenvalue weighted by Gasteiger charge is 2.32. The summed E-state index contributed by atoms with van der Waals surface area (Å²) in [6.45, 7) is 3.44. The number of benzene rings is 2. The molecule has 0 aromatic heterocycles. The number of rotatable bonds is 4. The van der Waals surface area contributed by atoms with Crippen molar-refractivity contribution in [3.05, 3.63) is 69.8 Å². The summed E-state index contributed by atoms with van der Waals surface area (Å²) in [5, 5.41) is 37.5. The smallest absolute Gasteiger partial charge is 0.337 e. The molecule has 2 aromatic carbocycles. The number of nitrogens with zero attached hydrogens (tertiary/aromatic N) is 2. The van der Waals surface area contributed by atoms with Crippen LogP contribution in [-0.2, 0) is 5.41 Å². The van der Waals surface area contributed by atoms with E-state index in [9.17, 15) is 30.3 Å². The van der Waals surface area contributed by atoms with Gasteiger partial charge in [0.05, 0.1) is 22.3 Å². The molecule has 2 N–H and O–H groups in total. The van der Waals surface area contributed by atoms with E-state index in [0.717, 1.165) is 0 Å². The Morgan fingerprint density at radius 3 is 1.48 bits per heavy atom. The Labute approximate surface area is 144 Å². The lowest BCUT2D eigenvalue weighted by Gasteiger charge is -2.29. The molecule has 0 amide bonds. The van der Waals surface area contributed by atoms with Crippen LogP contribution in [-0.4, -0.2) is 22.2 Å². The molecule has 2 aromatic rings. The van der Waals surface area contributed by atoms with Crippen LogP contribution in [0.15, 0.2) is 36.4 Å². The third-order valence-electron chi connectivity index (χ3n) is 4.16. The molecule has 0 radical (unpaired) electrons. The molecule has 0 aliphatic rings. The van der Waals surface area contributed by atoms with Gasteiger partial charge >= 0.3 is 11.9 Å². The van der Waals surface area contributed by atoms with Crippen LogP contribution in [0.5, 0.6) is 0 Å². The minimum absolute atomic E-state index is 0.00961. The molecule has 0 fully saturated rings. The molecule has 6 heteroatoms. The first kappa shape index (κ1) is 17.7. The van der Waals surface area contributed by atoms with Gasteiger partial charge in [-0.25, -0.2) is 9.59 Å². The second-order valence-electron chi connectivity index (χ2n) is 5.92. The fourth-order valence-corrected chi connectivity index (χ4v) is 2.89. The van der Waals surface area contributed by atoms with Gasteiger partial charge in [-0.3, -0.25) is 0 Å². The topological polar surface area (TPSA) is 122 Å². The number of carboxylic acid groups (broad SMARTS) is 2. The molecule has 0 bridgehead atoms. The van der Waals surface area contributed by atoms with Gasteiger partial charge in [0.15, 0.2) is 0 Å². The van der Waals surface area contributed by atoms with Gasteiger partial charge in [0.1, 0.15) is 12.1 Å². The number of hydrogen-bond acceptors (Lipinski definition) is 4. The zero-order valence-corrected chi connectivity index (χ0v) is 13.6. The van der Waals surface area contributed by atoms with Crippen molar-refractivity contribution in [2.75, 3.05) is 0 Å². The van der Waals surface area contributed by atoms with Crippen LogP contribution in [0.1, 0.15) is 56.8 Å². The van der Waals surface area contributed by atoms with E-state index in [4.69, 9.17) is 0 Å². The summed E-state index contributed by atoms with van der Waals surface area (Å²) in [6, 6.07) is 12.8. The van der Waals surface area contributed by atoms with E-state index >= 15 is 0 Å². The number of carboxylic acids is 2. The van der Waals surface area contributed by atoms with Crippen molar-refractivity contribution in [2.24, 2.45) is 0 Å². The lowest BCUT2D eigenvalue weighted by molar-refractivity contribution is 0.0685. The monoisotopic (exact) mass is 334 g/mol. The summed E-state index contributed by atoms with van der Waals surface area (Å²) >= 11 is 0. The predicted octanol–water partition coefficient (Wildman–Crippen LogP) is 3.15. The molecule has 0 unspecified atom stereocenters. The van der Waals surface area contributed by atoms with Crippen LogP contribution in [0.2, 0.25) is 0 Å². The molecule has 0 heterocycles. The molecule has 0 aliphatic carbocycles. The molecule has 6 nitrogen and oxygen atoms in total. The molecule has 0 saturated heterocycles. The van der Waals surface area contributed by atoms with Gasteiger partial charge in [0.2, 0.25) is 0 Å². The zero-order chi connectivity index (χ0) is 18.8. The number of hydrogen-bond donors (Lipinski definition) is 2. The highest BCUT2D eigenvalue weighted by atomic mass is 16.4. The van der Waals surface area contributed by atoms with Gasteiger partial charge in [-0.05, 0) is 23.3 Å². The highest BCUT2D eigenvalue weighted by Crippen LogP contribution is 2.37. The number of aromatic carboxylic acids is 2. The normalized spacial score (nSPS) is 10.6. The van der Waals surface area contributed by atoms with Crippen molar-refractivity contribution in [1.82, 2.24) is 0 Å². The van der Waals surface area contributed by atoms with Crippen molar-refractivity contribution in [3.8, 4) is 12.1 Å². The Bertz CT molecular complexity index is 885. The van der Waals surface area contributed by atoms with E-state index in [1.165, 1.54) is 24.3 Å². The van der Waals surface area contributed by atoms with Gasteiger partial charge in [-0.1, -0.05) is 38.1 Å². The van der Waals surface area contributed by atoms with Crippen LogP contribution in [0.4, 0.5) is 0 Å². The van der Waals surface area contributed by atoms with Gasteiger partial charge < -0.3 is 10.2 Å². The SMILES string of the molecule is CC(C)(c1cccc(C(=O)O)c1C#N)c1cccc(C(=O)O)c1C#N. The summed E-state index contributed by atoms with van der Waals surface area (Å²) in [5.74, 6) is -2.46. The molecular formula is C19H14N2O4. The van der Waals surface area contributed by atoms with Crippen molar-refractivity contribution in [2.45, 2.75) is 19.3 Å². The third-order valence-corrected chi connectivity index (χ3v) is 4.16. The fraction of sp³-hybridized carbons (Fsp3) is 0.158. The molecule has 2 rings (SSSR count). The quantitative estimate of drug-likeness (QED) is 0.885. The molecule has 0 atom stereocenters. The zero-order valence-electron chi connectivity index (χ0n) is 13.6. The molecule has 25 heavy (non-hydrogen) atoms. The van der Waals surface area contributed by atoms with Crippen molar-refractivity contribution in [3.63, 3.8) is 0 Å². The average molecular weight is 334 g/mol. The van der Waals surface area contributed by atoms with Gasteiger partial charge in [0, 0.05) is 5.41 Å². The summed E-state index contributed by atoms with van der Waals surface area (Å²) in [6.07, 6.45) is 0. The Morgan fingerprint density at radius 2 is 1.20 bits per heavy atom. The van der Waals surface area contributed by atoms with Crippen molar-refractivity contribution in [1.29, 1.82) is 10.5 Å². The van der Waals surface area contributed by atoms with Gasteiger partial charge in [-0.2, -0.15) is 10.5 Å². The van der Waals surface area contributed by atoms with Gasteiger partial charge in [-0.15, -0.1) is 0 Å². The lowest BCUT2D eigenvalue weighted by Crippen LogP contribution is -2.24. The first-order valence-corrected chi connectivity index (χ1v) is 7.29. The largest absolute Gasteiger partial charge is 0.478 e. The molecule has 0 aliphatic heterocycles. The van der Waals surface area contributed by atoms with E-state index < -0.39 is 17.4 Å². The summed E-state index contributed by atoms with van der Waals surface area (Å²) in [5.41, 5.74) is -0.424. The summed E-state index contributed by atoms with van der Waals surface area (Å²) < 4.78 is 0. The number of carbonyl (C=O) groups is 2. The maximum absolute atomic E-state index is 11.4. The number of nitriles is 2. The highest BCUT2D eigenvalue weighted by molar-refractivity contribution is 5.92. The van der Waals surface area contributed by atoms with Crippen LogP contribution < -0.4 is 0 Å². The lowest BCUT2D eigenvalue weighted by atomic mass is 9.73. The Morgan fingerprint density at radius 1 is 0.840 bits per heavy atom. The maximum atomic E-state index is 11.4. The van der Waals surface area contributed by atoms with E-state index in [1.807, 2.05) is 12.1 Å². The second kappa shape index (κ2) is 6.46. The molecule has 124 valence electrons. The van der Waals surface area contributed by atoms with Crippen LogP contribution in [0, 0.1) is 22.7 Å². The summed E-state index contributed by atoms with van der Waals surface area (Å²) in [4.78, 5) is 22.8. The van der Waals surface area contributed by atoms with E-state index in [1.54, 1.807) is 26.0 Å². The standard InChI is InChI=1S/C19H14N2O4/c1-19(2,15-7-3-5-11(17(22)23)13(15)9-20)16-8-4-6-12(18(24)25)14(16)10-21/h3-8H,1-2H3,(H,22,23)(H,24,25). The van der Waals surface area contributed by atoms with Crippen LogP contribution >= 0.6 is 0 Å². The maximum Gasteiger partial charge on any atom is 0.337 e. The first-order valence-electron chi connectivity index (χ1n) is 7.29. The Balaban J connectivity index is 2.82. The molecular weight excluding hydrogens is 320 g/mol.